The minimum atomic E-state index is 0.206. The highest BCUT2D eigenvalue weighted by molar-refractivity contribution is 9.10. The zero-order chi connectivity index (χ0) is 13.1. The van der Waals surface area contributed by atoms with E-state index < -0.39 is 0 Å². The van der Waals surface area contributed by atoms with Gasteiger partial charge in [0.25, 0.3) is 0 Å². The van der Waals surface area contributed by atoms with E-state index in [2.05, 4.69) is 15.9 Å². The molecule has 2 aromatic rings. The van der Waals surface area contributed by atoms with Crippen molar-refractivity contribution in [2.45, 2.75) is 18.7 Å². The van der Waals surface area contributed by atoms with E-state index in [1.807, 2.05) is 44.2 Å². The van der Waals surface area contributed by atoms with Gasteiger partial charge in [-0.15, -0.1) is 23.1 Å². The van der Waals surface area contributed by atoms with E-state index in [0.717, 1.165) is 19.8 Å². The number of carbonyl (C=O) groups is 1. The number of hydrogen-bond donors (Lipinski definition) is 0. The van der Waals surface area contributed by atoms with Crippen molar-refractivity contribution >= 4 is 44.8 Å². The molecule has 0 aliphatic rings. The molecule has 0 amide bonds. The first-order chi connectivity index (χ1) is 8.58. The first-order valence-corrected chi connectivity index (χ1v) is 8.15. The van der Waals surface area contributed by atoms with E-state index in [-0.39, 0.29) is 5.78 Å². The summed E-state index contributed by atoms with van der Waals surface area (Å²) < 4.78 is 1.04. The molecule has 94 valence electrons. The van der Waals surface area contributed by atoms with Crippen LogP contribution in [-0.2, 0) is 0 Å². The molecule has 0 aliphatic heterocycles. The molecule has 18 heavy (non-hydrogen) atoms. The topological polar surface area (TPSA) is 17.1 Å². The molecule has 0 N–H and O–H groups in total. The normalized spacial score (nSPS) is 10.6. The standard InChI is InChI=1S/C14H13BrOS2/c1-9-7-11(10(2)18-9)13(16)8-17-14-6-4-3-5-12(14)15/h3-7H,8H2,1-2H3. The molecule has 0 saturated carbocycles. The van der Waals surface area contributed by atoms with Crippen molar-refractivity contribution in [1.29, 1.82) is 0 Å². The summed E-state index contributed by atoms with van der Waals surface area (Å²) >= 11 is 6.75. The van der Waals surface area contributed by atoms with E-state index in [9.17, 15) is 4.79 Å². The Bertz CT molecular complexity index is 575. The fraction of sp³-hybridized carbons (Fsp3) is 0.214. The van der Waals surface area contributed by atoms with Crippen molar-refractivity contribution in [1.82, 2.24) is 0 Å². The molecule has 0 radical (unpaired) electrons. The van der Waals surface area contributed by atoms with Crippen LogP contribution < -0.4 is 0 Å². The van der Waals surface area contributed by atoms with E-state index >= 15 is 0 Å². The number of thiophene rings is 1. The SMILES string of the molecule is Cc1cc(C(=O)CSc2ccccc2Br)c(C)s1. The number of carbonyl (C=O) groups excluding carboxylic acids is 1. The van der Waals surface area contributed by atoms with Crippen LogP contribution in [0.3, 0.4) is 0 Å². The van der Waals surface area contributed by atoms with Crippen molar-refractivity contribution in [3.8, 4) is 0 Å². The molecule has 1 heterocycles. The molecule has 0 aliphatic carbocycles. The highest BCUT2D eigenvalue weighted by Crippen LogP contribution is 2.29. The Morgan fingerprint density at radius 3 is 2.67 bits per heavy atom. The van der Waals surface area contributed by atoms with Gasteiger partial charge in [-0.05, 0) is 48.0 Å². The van der Waals surface area contributed by atoms with Gasteiger partial charge in [0.1, 0.15) is 0 Å². The Labute approximate surface area is 124 Å². The lowest BCUT2D eigenvalue weighted by molar-refractivity contribution is 0.102. The average Bonchev–Trinajstić information content (AvgIpc) is 2.67. The van der Waals surface area contributed by atoms with Gasteiger partial charge in [0, 0.05) is 24.7 Å². The van der Waals surface area contributed by atoms with Crippen LogP contribution in [0.15, 0.2) is 39.7 Å². The largest absolute Gasteiger partial charge is 0.293 e. The molecular weight excluding hydrogens is 328 g/mol. The molecule has 0 atom stereocenters. The summed E-state index contributed by atoms with van der Waals surface area (Å²) in [6.07, 6.45) is 0. The molecule has 0 bridgehead atoms. The number of hydrogen-bond acceptors (Lipinski definition) is 3. The van der Waals surface area contributed by atoms with Crippen LogP contribution in [0.4, 0.5) is 0 Å². The first kappa shape index (κ1) is 13.8. The van der Waals surface area contributed by atoms with Crippen LogP contribution in [0.1, 0.15) is 20.1 Å². The minimum Gasteiger partial charge on any atom is -0.293 e. The number of benzene rings is 1. The van der Waals surface area contributed by atoms with Crippen LogP contribution in [0, 0.1) is 13.8 Å². The Morgan fingerprint density at radius 1 is 1.33 bits per heavy atom. The fourth-order valence-electron chi connectivity index (χ4n) is 1.69. The van der Waals surface area contributed by atoms with Gasteiger partial charge in [0.15, 0.2) is 5.78 Å². The summed E-state index contributed by atoms with van der Waals surface area (Å²) in [5.74, 6) is 0.692. The zero-order valence-corrected chi connectivity index (χ0v) is 13.4. The van der Waals surface area contributed by atoms with Crippen molar-refractivity contribution < 1.29 is 4.79 Å². The van der Waals surface area contributed by atoms with Crippen molar-refractivity contribution in [2.24, 2.45) is 0 Å². The summed E-state index contributed by atoms with van der Waals surface area (Å²) in [5, 5.41) is 0. The highest BCUT2D eigenvalue weighted by atomic mass is 79.9. The van der Waals surface area contributed by atoms with Gasteiger partial charge >= 0.3 is 0 Å². The second kappa shape index (κ2) is 6.04. The average molecular weight is 341 g/mol. The third kappa shape index (κ3) is 3.25. The summed E-state index contributed by atoms with van der Waals surface area (Å²) in [6.45, 7) is 4.05. The highest BCUT2D eigenvalue weighted by Gasteiger charge is 2.12. The predicted molar refractivity (Wildman–Crippen MR) is 83.0 cm³/mol. The van der Waals surface area contributed by atoms with E-state index in [4.69, 9.17) is 0 Å². The Hall–Kier alpha value is -0.580. The van der Waals surface area contributed by atoms with Crippen molar-refractivity contribution in [3.63, 3.8) is 0 Å². The molecule has 0 saturated heterocycles. The van der Waals surface area contributed by atoms with Crippen LogP contribution in [-0.4, -0.2) is 11.5 Å². The number of thioether (sulfide) groups is 1. The third-order valence-electron chi connectivity index (χ3n) is 2.54. The lowest BCUT2D eigenvalue weighted by Crippen LogP contribution is -2.02. The van der Waals surface area contributed by atoms with E-state index in [1.165, 1.54) is 4.88 Å². The smallest absolute Gasteiger partial charge is 0.174 e. The molecule has 1 nitrogen and oxygen atoms in total. The zero-order valence-electron chi connectivity index (χ0n) is 10.2. The molecule has 2 rings (SSSR count). The maximum atomic E-state index is 12.1. The summed E-state index contributed by atoms with van der Waals surface area (Å²) in [4.78, 5) is 15.6. The Balaban J connectivity index is 2.05. The Kier molecular flexibility index (Phi) is 4.65. The molecule has 4 heteroatoms. The van der Waals surface area contributed by atoms with Crippen LogP contribution in [0.25, 0.3) is 0 Å². The molecule has 0 spiro atoms. The third-order valence-corrected chi connectivity index (χ3v) is 5.53. The van der Waals surface area contributed by atoms with Gasteiger partial charge in [0.2, 0.25) is 0 Å². The summed E-state index contributed by atoms with van der Waals surface area (Å²) in [6, 6.07) is 9.96. The van der Waals surface area contributed by atoms with Gasteiger partial charge < -0.3 is 0 Å². The lowest BCUT2D eigenvalue weighted by Gasteiger charge is -2.03. The van der Waals surface area contributed by atoms with Gasteiger partial charge in [0.05, 0.1) is 5.75 Å². The van der Waals surface area contributed by atoms with Crippen LogP contribution >= 0.6 is 39.0 Å². The lowest BCUT2D eigenvalue weighted by atomic mass is 10.2. The Morgan fingerprint density at radius 2 is 2.06 bits per heavy atom. The van der Waals surface area contributed by atoms with Gasteiger partial charge in [-0.3, -0.25) is 4.79 Å². The monoisotopic (exact) mass is 340 g/mol. The maximum Gasteiger partial charge on any atom is 0.174 e. The van der Waals surface area contributed by atoms with Crippen LogP contribution in [0.5, 0.6) is 0 Å². The first-order valence-electron chi connectivity index (χ1n) is 5.55. The molecule has 0 unspecified atom stereocenters. The van der Waals surface area contributed by atoms with Gasteiger partial charge in [-0.2, -0.15) is 0 Å². The number of halogens is 1. The number of Topliss-reactive ketones (excluding diaryl/α,β-unsaturated/α-hetero) is 1. The molecule has 0 fully saturated rings. The summed E-state index contributed by atoms with van der Waals surface area (Å²) in [7, 11) is 0. The number of aryl methyl sites for hydroxylation is 2. The van der Waals surface area contributed by atoms with E-state index in [1.54, 1.807) is 23.1 Å². The summed E-state index contributed by atoms with van der Waals surface area (Å²) in [5.41, 5.74) is 0.872. The van der Waals surface area contributed by atoms with Gasteiger partial charge in [-0.25, -0.2) is 0 Å². The second-order valence-corrected chi connectivity index (χ2v) is 7.30. The number of ketones is 1. The van der Waals surface area contributed by atoms with E-state index in [0.29, 0.717) is 5.75 Å². The minimum absolute atomic E-state index is 0.206. The van der Waals surface area contributed by atoms with Crippen molar-refractivity contribution in [3.05, 3.63) is 50.1 Å². The molecular formula is C14H13BrOS2. The second-order valence-electron chi connectivity index (χ2n) is 3.97. The fourth-order valence-corrected chi connectivity index (χ4v) is 4.08. The van der Waals surface area contributed by atoms with Crippen molar-refractivity contribution in [2.75, 3.05) is 5.75 Å². The predicted octanol–water partition coefficient (Wildman–Crippen LogP) is 5.10. The molecule has 1 aromatic heterocycles. The van der Waals surface area contributed by atoms with Gasteiger partial charge in [-0.1, -0.05) is 12.1 Å². The number of rotatable bonds is 4. The quantitative estimate of drug-likeness (QED) is 0.568. The molecule has 1 aromatic carbocycles. The maximum absolute atomic E-state index is 12.1. The van der Waals surface area contributed by atoms with Crippen LogP contribution in [0.2, 0.25) is 0 Å².